The highest BCUT2D eigenvalue weighted by Crippen LogP contribution is 2.40. The van der Waals surface area contributed by atoms with Crippen molar-refractivity contribution < 1.29 is 4.74 Å². The monoisotopic (exact) mass is 646 g/mol. The van der Waals surface area contributed by atoms with Gasteiger partial charge in [-0.1, -0.05) is 65.3 Å². The van der Waals surface area contributed by atoms with Crippen molar-refractivity contribution in [1.82, 2.24) is 24.9 Å². The van der Waals surface area contributed by atoms with Crippen LogP contribution in [0.3, 0.4) is 0 Å². The normalized spacial score (nSPS) is 17.8. The first-order valence-electron chi connectivity index (χ1n) is 16.3. The lowest BCUT2D eigenvalue weighted by atomic mass is 9.98. The van der Waals surface area contributed by atoms with Crippen LogP contribution < -0.4 is 15.4 Å². The fraction of sp³-hybridized carbons (Fsp3) is 0.351. The summed E-state index contributed by atoms with van der Waals surface area (Å²) in [5.41, 5.74) is 5.68. The van der Waals surface area contributed by atoms with E-state index in [1.807, 2.05) is 53.2 Å². The second-order valence-electron chi connectivity index (χ2n) is 13.4. The Balaban J connectivity index is 1.23. The van der Waals surface area contributed by atoms with Gasteiger partial charge >= 0.3 is 0 Å². The van der Waals surface area contributed by atoms with Gasteiger partial charge in [0.25, 0.3) is 0 Å². The van der Waals surface area contributed by atoms with Crippen molar-refractivity contribution in [3.05, 3.63) is 107 Å². The lowest BCUT2D eigenvalue weighted by Crippen LogP contribution is -2.46. The smallest absolute Gasteiger partial charge is 0.124 e. The minimum absolute atomic E-state index is 0.0320. The number of rotatable bonds is 7. The number of anilines is 2. The molecule has 0 spiro atoms. The fourth-order valence-corrected chi connectivity index (χ4v) is 7.03. The standard InChI is InChI=1S/C37H39ClN8O/c1-37(2,3)45-16-13-27(14-17-45)46-23-32(43-44-46)35(24-9-5-4-6-10-24)42-31-20-26(38)19-29-34(25(21-39)22-40-36(29)31)41-30-15-18-47-33-12-8-7-11-28(30)33/h4-12,19-20,22-23,27,30,35,42H,13-18H2,1-3H3,(H,40,41)/t30-,35+/m1/s1. The van der Waals surface area contributed by atoms with E-state index in [4.69, 9.17) is 26.4 Å². The first kappa shape index (κ1) is 31.0. The zero-order chi connectivity index (χ0) is 32.5. The van der Waals surface area contributed by atoms with E-state index < -0.39 is 0 Å². The van der Waals surface area contributed by atoms with E-state index in [2.05, 4.69) is 72.0 Å². The molecule has 2 N–H and O–H groups in total. The highest BCUT2D eigenvalue weighted by Gasteiger charge is 2.30. The summed E-state index contributed by atoms with van der Waals surface area (Å²) in [5, 5.41) is 28.1. The van der Waals surface area contributed by atoms with Crippen LogP contribution in [0.5, 0.6) is 5.75 Å². The lowest BCUT2D eigenvalue weighted by Gasteiger charge is -2.40. The second-order valence-corrected chi connectivity index (χ2v) is 13.8. The van der Waals surface area contributed by atoms with Gasteiger partial charge in [-0.2, -0.15) is 5.26 Å². The van der Waals surface area contributed by atoms with E-state index in [1.54, 1.807) is 6.20 Å². The van der Waals surface area contributed by atoms with E-state index in [0.717, 1.165) is 66.0 Å². The van der Waals surface area contributed by atoms with Crippen LogP contribution in [0.4, 0.5) is 11.4 Å². The van der Waals surface area contributed by atoms with Crippen LogP contribution in [0, 0.1) is 11.3 Å². The van der Waals surface area contributed by atoms with Crippen LogP contribution in [-0.4, -0.2) is 50.1 Å². The lowest BCUT2D eigenvalue weighted by molar-refractivity contribution is 0.0866. The van der Waals surface area contributed by atoms with Gasteiger partial charge in [0.2, 0.25) is 0 Å². The van der Waals surface area contributed by atoms with Crippen LogP contribution in [0.1, 0.15) is 80.5 Å². The van der Waals surface area contributed by atoms with E-state index in [1.165, 1.54) is 0 Å². The molecule has 5 aromatic rings. The fourth-order valence-electron chi connectivity index (χ4n) is 6.82. The van der Waals surface area contributed by atoms with Crippen LogP contribution in [0.25, 0.3) is 10.9 Å². The number of hydrogen-bond acceptors (Lipinski definition) is 8. The van der Waals surface area contributed by atoms with Crippen molar-refractivity contribution in [3.8, 4) is 11.8 Å². The van der Waals surface area contributed by atoms with Gasteiger partial charge in [0.1, 0.15) is 17.5 Å². The molecule has 0 unspecified atom stereocenters. The van der Waals surface area contributed by atoms with Crippen LogP contribution in [0.2, 0.25) is 5.02 Å². The van der Waals surface area contributed by atoms with Gasteiger partial charge in [-0.15, -0.1) is 5.10 Å². The highest BCUT2D eigenvalue weighted by atomic mass is 35.5. The maximum absolute atomic E-state index is 10.1. The highest BCUT2D eigenvalue weighted by molar-refractivity contribution is 6.32. The largest absolute Gasteiger partial charge is 0.493 e. The van der Waals surface area contributed by atoms with Gasteiger partial charge in [0.05, 0.1) is 53.4 Å². The van der Waals surface area contributed by atoms with Crippen LogP contribution >= 0.6 is 11.6 Å². The Morgan fingerprint density at radius 1 is 1.02 bits per heavy atom. The van der Waals surface area contributed by atoms with E-state index in [-0.39, 0.29) is 17.6 Å². The van der Waals surface area contributed by atoms with E-state index in [0.29, 0.717) is 34.4 Å². The number of nitriles is 1. The van der Waals surface area contributed by atoms with Crippen molar-refractivity contribution in [2.24, 2.45) is 0 Å². The molecule has 240 valence electrons. The minimum Gasteiger partial charge on any atom is -0.493 e. The maximum Gasteiger partial charge on any atom is 0.124 e. The molecule has 4 heterocycles. The summed E-state index contributed by atoms with van der Waals surface area (Å²) in [6.45, 7) is 9.47. The van der Waals surface area contributed by atoms with Gasteiger partial charge < -0.3 is 15.4 Å². The van der Waals surface area contributed by atoms with Crippen LogP contribution in [-0.2, 0) is 0 Å². The number of ether oxygens (including phenoxy) is 1. The Labute approximate surface area is 280 Å². The molecule has 0 radical (unpaired) electrons. The molecule has 9 nitrogen and oxygen atoms in total. The summed E-state index contributed by atoms with van der Waals surface area (Å²) < 4.78 is 7.93. The molecular weight excluding hydrogens is 608 g/mol. The Morgan fingerprint density at radius 2 is 1.79 bits per heavy atom. The van der Waals surface area contributed by atoms with Gasteiger partial charge in [-0.25, -0.2) is 4.68 Å². The van der Waals surface area contributed by atoms with Gasteiger partial charge in [-0.3, -0.25) is 9.88 Å². The molecule has 3 aromatic carbocycles. The SMILES string of the molecule is CC(C)(C)N1CCC(n2cc([C@@H](Nc3cc(Cl)cc4c(N[C@@H]5CCOc6ccccc65)c(C#N)cnc34)c3ccccc3)nn2)CC1. The minimum atomic E-state index is -0.308. The Bertz CT molecular complexity index is 1920. The molecule has 0 bridgehead atoms. The number of likely N-dealkylation sites (tertiary alicyclic amines) is 1. The van der Waals surface area contributed by atoms with E-state index >= 15 is 0 Å². The number of para-hydroxylation sites is 1. The molecule has 47 heavy (non-hydrogen) atoms. The summed E-state index contributed by atoms with van der Waals surface area (Å²) in [5.74, 6) is 0.854. The van der Waals surface area contributed by atoms with Crippen molar-refractivity contribution in [2.45, 2.75) is 63.7 Å². The quantitative estimate of drug-likeness (QED) is 0.184. The third-order valence-electron chi connectivity index (χ3n) is 9.38. The predicted molar refractivity (Wildman–Crippen MR) is 186 cm³/mol. The molecule has 1 saturated heterocycles. The van der Waals surface area contributed by atoms with Gasteiger partial charge in [0, 0.05) is 47.2 Å². The molecule has 1 fully saturated rings. The Kier molecular flexibility index (Phi) is 8.48. The molecule has 0 saturated carbocycles. The molecule has 0 aliphatic carbocycles. The molecule has 2 aromatic heterocycles. The molecule has 0 amide bonds. The third-order valence-corrected chi connectivity index (χ3v) is 9.60. The zero-order valence-corrected chi connectivity index (χ0v) is 27.7. The summed E-state index contributed by atoms with van der Waals surface area (Å²) in [6.07, 6.45) is 6.53. The Hall–Kier alpha value is -4.65. The molecular formula is C37H39ClN8O. The van der Waals surface area contributed by atoms with Gasteiger partial charge in [0.15, 0.2) is 0 Å². The number of fused-ring (bicyclic) bond motifs is 2. The topological polar surface area (TPSA) is 104 Å². The average molecular weight is 647 g/mol. The first-order chi connectivity index (χ1) is 22.8. The van der Waals surface area contributed by atoms with Crippen molar-refractivity contribution in [3.63, 3.8) is 0 Å². The van der Waals surface area contributed by atoms with Gasteiger partial charge in [-0.05, 0) is 57.4 Å². The molecule has 2 atom stereocenters. The molecule has 2 aliphatic heterocycles. The predicted octanol–water partition coefficient (Wildman–Crippen LogP) is 7.92. The second kappa shape index (κ2) is 12.9. The molecule has 10 heteroatoms. The average Bonchev–Trinajstić information content (AvgIpc) is 3.58. The van der Waals surface area contributed by atoms with Crippen molar-refractivity contribution in [1.29, 1.82) is 5.26 Å². The number of aromatic nitrogens is 4. The maximum atomic E-state index is 10.1. The number of nitrogens with zero attached hydrogens (tertiary/aromatic N) is 6. The number of benzene rings is 3. The number of pyridine rings is 1. The molecule has 2 aliphatic rings. The number of halogens is 1. The number of nitrogens with one attached hydrogen (secondary N) is 2. The Morgan fingerprint density at radius 3 is 2.55 bits per heavy atom. The first-order valence-corrected chi connectivity index (χ1v) is 16.6. The number of piperidine rings is 1. The summed E-state index contributed by atoms with van der Waals surface area (Å²) in [4.78, 5) is 7.32. The van der Waals surface area contributed by atoms with Crippen molar-refractivity contribution in [2.75, 3.05) is 30.3 Å². The molecule has 7 rings (SSSR count). The van der Waals surface area contributed by atoms with Crippen molar-refractivity contribution >= 4 is 33.9 Å². The number of hydrogen-bond donors (Lipinski definition) is 2. The van der Waals surface area contributed by atoms with E-state index in [9.17, 15) is 5.26 Å². The zero-order valence-electron chi connectivity index (χ0n) is 26.9. The summed E-state index contributed by atoms with van der Waals surface area (Å²) in [7, 11) is 0. The third kappa shape index (κ3) is 6.36. The summed E-state index contributed by atoms with van der Waals surface area (Å²) in [6, 6.07) is 24.3. The van der Waals surface area contributed by atoms with Crippen LogP contribution in [0.15, 0.2) is 79.1 Å². The summed E-state index contributed by atoms with van der Waals surface area (Å²) >= 11 is 6.81.